The highest BCUT2D eigenvalue weighted by Gasteiger charge is 2.32. The molecule has 0 aromatic carbocycles. The number of carboxylic acid groups (broad SMARTS) is 1. The monoisotopic (exact) mass is 283 g/mol. The molecular formula is C14H21NO3S. The van der Waals surface area contributed by atoms with E-state index in [-0.39, 0.29) is 0 Å². The van der Waals surface area contributed by atoms with E-state index in [0.717, 1.165) is 23.9 Å². The van der Waals surface area contributed by atoms with Crippen LogP contribution in [0.15, 0.2) is 12.1 Å². The molecule has 1 aromatic heterocycles. The molecule has 1 fully saturated rings. The summed E-state index contributed by atoms with van der Waals surface area (Å²) in [6.07, 6.45) is 2.63. The van der Waals surface area contributed by atoms with Crippen LogP contribution in [0.25, 0.3) is 0 Å². The third-order valence-corrected chi connectivity index (χ3v) is 4.75. The first-order valence-electron chi connectivity index (χ1n) is 6.66. The van der Waals surface area contributed by atoms with Crippen LogP contribution in [0.3, 0.4) is 0 Å². The van der Waals surface area contributed by atoms with Gasteiger partial charge in [-0.3, -0.25) is 4.90 Å². The molecule has 1 heterocycles. The Bertz CT molecular complexity index is 428. The summed E-state index contributed by atoms with van der Waals surface area (Å²) in [5, 5.41) is 8.96. The lowest BCUT2D eigenvalue weighted by molar-refractivity contribution is 0.0702. The molecule has 1 saturated carbocycles. The zero-order valence-corrected chi connectivity index (χ0v) is 12.3. The second kappa shape index (κ2) is 6.50. The van der Waals surface area contributed by atoms with Crippen molar-refractivity contribution in [3.8, 4) is 0 Å². The maximum Gasteiger partial charge on any atom is 0.345 e. The van der Waals surface area contributed by atoms with E-state index in [1.54, 1.807) is 13.2 Å². The third-order valence-electron chi connectivity index (χ3n) is 3.69. The average Bonchev–Trinajstić information content (AvgIpc) is 3.13. The molecule has 1 aliphatic rings. The van der Waals surface area contributed by atoms with Gasteiger partial charge in [-0.15, -0.1) is 11.3 Å². The fourth-order valence-electron chi connectivity index (χ4n) is 2.29. The second-order valence-electron chi connectivity index (χ2n) is 5.11. The van der Waals surface area contributed by atoms with Crippen molar-refractivity contribution < 1.29 is 14.6 Å². The van der Waals surface area contributed by atoms with Gasteiger partial charge in [-0.05, 0) is 37.8 Å². The quantitative estimate of drug-likeness (QED) is 0.797. The number of aromatic carboxylic acids is 1. The van der Waals surface area contributed by atoms with Gasteiger partial charge in [0.05, 0.1) is 6.61 Å². The molecule has 106 valence electrons. The molecule has 0 saturated heterocycles. The summed E-state index contributed by atoms with van der Waals surface area (Å²) < 4.78 is 5.17. The Morgan fingerprint density at radius 3 is 2.84 bits per heavy atom. The standard InChI is InChI=1S/C14H21NO3S/c1-10(11-3-4-11)15(7-8-18-2)9-12-5-6-13(19-12)14(16)17/h5-6,10-11H,3-4,7-9H2,1-2H3,(H,16,17). The van der Waals surface area contributed by atoms with Gasteiger partial charge in [-0.2, -0.15) is 0 Å². The Labute approximate surface area is 118 Å². The van der Waals surface area contributed by atoms with Crippen molar-refractivity contribution in [3.05, 3.63) is 21.9 Å². The molecule has 0 bridgehead atoms. The third kappa shape index (κ3) is 4.03. The zero-order valence-electron chi connectivity index (χ0n) is 11.5. The van der Waals surface area contributed by atoms with Gasteiger partial charge in [0.25, 0.3) is 0 Å². The number of ether oxygens (including phenoxy) is 1. The number of hydrogen-bond acceptors (Lipinski definition) is 4. The molecule has 1 aliphatic carbocycles. The van der Waals surface area contributed by atoms with Gasteiger partial charge < -0.3 is 9.84 Å². The number of nitrogens with zero attached hydrogens (tertiary/aromatic N) is 1. The number of carboxylic acids is 1. The van der Waals surface area contributed by atoms with Gasteiger partial charge in [0.15, 0.2) is 0 Å². The highest BCUT2D eigenvalue weighted by molar-refractivity contribution is 7.13. The SMILES string of the molecule is COCCN(Cc1ccc(C(=O)O)s1)C(C)C1CC1. The van der Waals surface area contributed by atoms with Crippen LogP contribution < -0.4 is 0 Å². The van der Waals surface area contributed by atoms with Gasteiger partial charge in [-0.1, -0.05) is 0 Å². The van der Waals surface area contributed by atoms with E-state index >= 15 is 0 Å². The summed E-state index contributed by atoms with van der Waals surface area (Å²) in [5.41, 5.74) is 0. The zero-order chi connectivity index (χ0) is 13.8. The molecular weight excluding hydrogens is 262 g/mol. The molecule has 1 atom stereocenters. The van der Waals surface area contributed by atoms with Crippen molar-refractivity contribution in [1.82, 2.24) is 4.90 Å². The number of methoxy groups -OCH3 is 1. The van der Waals surface area contributed by atoms with Crippen molar-refractivity contribution in [2.24, 2.45) is 5.92 Å². The molecule has 2 rings (SSSR count). The Morgan fingerprint density at radius 1 is 1.58 bits per heavy atom. The lowest BCUT2D eigenvalue weighted by Gasteiger charge is -2.28. The Kier molecular flexibility index (Phi) is 4.96. The highest BCUT2D eigenvalue weighted by Crippen LogP contribution is 2.35. The molecule has 1 unspecified atom stereocenters. The smallest absolute Gasteiger partial charge is 0.345 e. The van der Waals surface area contributed by atoms with Gasteiger partial charge in [0, 0.05) is 31.1 Å². The van der Waals surface area contributed by atoms with Crippen molar-refractivity contribution in [1.29, 1.82) is 0 Å². The van der Waals surface area contributed by atoms with Gasteiger partial charge in [0.2, 0.25) is 0 Å². The molecule has 4 nitrogen and oxygen atoms in total. The van der Waals surface area contributed by atoms with E-state index in [2.05, 4.69) is 11.8 Å². The molecule has 0 amide bonds. The van der Waals surface area contributed by atoms with E-state index in [1.165, 1.54) is 24.2 Å². The van der Waals surface area contributed by atoms with Crippen molar-refractivity contribution >= 4 is 17.3 Å². The Morgan fingerprint density at radius 2 is 2.32 bits per heavy atom. The van der Waals surface area contributed by atoms with Gasteiger partial charge in [-0.25, -0.2) is 4.79 Å². The van der Waals surface area contributed by atoms with Gasteiger partial charge >= 0.3 is 5.97 Å². The second-order valence-corrected chi connectivity index (χ2v) is 6.28. The van der Waals surface area contributed by atoms with E-state index in [1.807, 2.05) is 6.07 Å². The fraction of sp³-hybridized carbons (Fsp3) is 0.643. The number of rotatable bonds is 8. The van der Waals surface area contributed by atoms with Crippen LogP contribution >= 0.6 is 11.3 Å². The van der Waals surface area contributed by atoms with Crippen molar-refractivity contribution in [2.45, 2.75) is 32.4 Å². The van der Waals surface area contributed by atoms with Crippen LogP contribution in [0.5, 0.6) is 0 Å². The fourth-order valence-corrected chi connectivity index (χ4v) is 3.16. The van der Waals surface area contributed by atoms with E-state index < -0.39 is 5.97 Å². The van der Waals surface area contributed by atoms with E-state index in [9.17, 15) is 4.79 Å². The Balaban J connectivity index is 1.98. The largest absolute Gasteiger partial charge is 0.477 e. The topological polar surface area (TPSA) is 49.8 Å². The Hall–Kier alpha value is -0.910. The first kappa shape index (κ1) is 14.5. The maximum atomic E-state index is 10.9. The summed E-state index contributed by atoms with van der Waals surface area (Å²) in [5.74, 6) is -0.0364. The van der Waals surface area contributed by atoms with Crippen LogP contribution in [-0.2, 0) is 11.3 Å². The normalized spacial score (nSPS) is 16.8. The highest BCUT2D eigenvalue weighted by atomic mass is 32.1. The predicted molar refractivity (Wildman–Crippen MR) is 75.8 cm³/mol. The molecule has 1 N–H and O–H groups in total. The van der Waals surface area contributed by atoms with Crippen LogP contribution in [-0.4, -0.2) is 42.3 Å². The number of hydrogen-bond donors (Lipinski definition) is 1. The lowest BCUT2D eigenvalue weighted by Crippen LogP contribution is -2.36. The summed E-state index contributed by atoms with van der Waals surface area (Å²) >= 11 is 1.37. The summed E-state index contributed by atoms with van der Waals surface area (Å²) in [6, 6.07) is 4.16. The first-order valence-corrected chi connectivity index (χ1v) is 7.48. The predicted octanol–water partition coefficient (Wildman–Crippen LogP) is 2.69. The van der Waals surface area contributed by atoms with E-state index in [4.69, 9.17) is 9.84 Å². The average molecular weight is 283 g/mol. The summed E-state index contributed by atoms with van der Waals surface area (Å²) in [4.78, 5) is 14.8. The van der Waals surface area contributed by atoms with Crippen LogP contribution in [0, 0.1) is 5.92 Å². The number of thiophene rings is 1. The minimum absolute atomic E-state index is 0.417. The summed E-state index contributed by atoms with van der Waals surface area (Å²) in [6.45, 7) is 4.70. The summed E-state index contributed by atoms with van der Waals surface area (Å²) in [7, 11) is 1.72. The molecule has 0 radical (unpaired) electrons. The molecule has 0 spiro atoms. The molecule has 5 heteroatoms. The lowest BCUT2D eigenvalue weighted by atomic mass is 10.2. The van der Waals surface area contributed by atoms with Gasteiger partial charge in [0.1, 0.15) is 4.88 Å². The number of carbonyl (C=O) groups is 1. The van der Waals surface area contributed by atoms with Crippen LogP contribution in [0.1, 0.15) is 34.3 Å². The minimum atomic E-state index is -0.838. The van der Waals surface area contributed by atoms with Crippen molar-refractivity contribution in [3.63, 3.8) is 0 Å². The van der Waals surface area contributed by atoms with Crippen molar-refractivity contribution in [2.75, 3.05) is 20.3 Å². The van der Waals surface area contributed by atoms with Crippen LogP contribution in [0.2, 0.25) is 0 Å². The molecule has 1 aromatic rings. The van der Waals surface area contributed by atoms with Crippen LogP contribution in [0.4, 0.5) is 0 Å². The maximum absolute atomic E-state index is 10.9. The van der Waals surface area contributed by atoms with E-state index in [0.29, 0.717) is 17.5 Å². The molecule has 0 aliphatic heterocycles. The first-order chi connectivity index (χ1) is 9.11. The minimum Gasteiger partial charge on any atom is -0.477 e. The molecule has 19 heavy (non-hydrogen) atoms.